The summed E-state index contributed by atoms with van der Waals surface area (Å²) in [5, 5.41) is 8.34. The second-order valence-electron chi connectivity index (χ2n) is 6.69. The third kappa shape index (κ3) is 5.48. The van der Waals surface area contributed by atoms with E-state index in [1.54, 1.807) is 42.7 Å². The Kier molecular flexibility index (Phi) is 6.59. The number of halogens is 1. The minimum absolute atomic E-state index is 0.118. The second-order valence-corrected chi connectivity index (χ2v) is 8.46. The molecule has 0 atom stereocenters. The van der Waals surface area contributed by atoms with Crippen molar-refractivity contribution < 1.29 is 14.0 Å². The molecule has 0 radical (unpaired) electrons. The van der Waals surface area contributed by atoms with Crippen LogP contribution in [0.1, 0.15) is 21.8 Å². The molecule has 0 spiro atoms. The van der Waals surface area contributed by atoms with E-state index >= 15 is 0 Å². The minimum atomic E-state index is -0.294. The largest absolute Gasteiger partial charge is 0.467 e. The lowest BCUT2D eigenvalue weighted by Gasteiger charge is -2.10. The highest BCUT2D eigenvalue weighted by Crippen LogP contribution is 2.26. The minimum Gasteiger partial charge on any atom is -0.467 e. The fraction of sp³-hybridized carbons (Fsp3) is 0.0870. The summed E-state index contributed by atoms with van der Waals surface area (Å²) in [7, 11) is 0. The quantitative estimate of drug-likeness (QED) is 0.365. The van der Waals surface area contributed by atoms with E-state index in [9.17, 15) is 9.59 Å². The number of hydrogen-bond acceptors (Lipinski definition) is 5. The first kappa shape index (κ1) is 21.0. The molecule has 2 N–H and O–H groups in total. The van der Waals surface area contributed by atoms with Crippen LogP contribution >= 0.6 is 27.3 Å². The van der Waals surface area contributed by atoms with Crippen molar-refractivity contribution in [2.75, 3.05) is 5.32 Å². The standard InChI is InChI=1S/C23H18BrN3O3S/c24-16-6-3-5-15(11-16)23-26-17(14-31-23)12-21(28)27-20-9-2-1-8-19(20)22(29)25-13-18-7-4-10-30-18/h1-11,14H,12-13H2,(H,25,29)(H,27,28). The number of carbonyl (C=O) groups excluding carboxylic acids is 2. The number of aromatic nitrogens is 1. The van der Waals surface area contributed by atoms with Gasteiger partial charge in [0.25, 0.3) is 5.91 Å². The molecular formula is C23H18BrN3O3S. The maximum atomic E-state index is 12.6. The van der Waals surface area contributed by atoms with E-state index in [1.165, 1.54) is 11.3 Å². The van der Waals surface area contributed by atoms with Crippen LogP contribution in [0.3, 0.4) is 0 Å². The van der Waals surface area contributed by atoms with Crippen LogP contribution in [0.5, 0.6) is 0 Å². The average molecular weight is 496 g/mol. The van der Waals surface area contributed by atoms with Crippen LogP contribution in [-0.2, 0) is 17.8 Å². The third-order valence-corrected chi connectivity index (χ3v) is 5.85. The third-order valence-electron chi connectivity index (χ3n) is 4.41. The Labute approximate surface area is 191 Å². The van der Waals surface area contributed by atoms with E-state index in [0.29, 0.717) is 22.7 Å². The number of carbonyl (C=O) groups is 2. The Hall–Kier alpha value is -3.23. The maximum absolute atomic E-state index is 12.6. The molecule has 156 valence electrons. The van der Waals surface area contributed by atoms with Gasteiger partial charge >= 0.3 is 0 Å². The van der Waals surface area contributed by atoms with Crippen molar-refractivity contribution in [3.63, 3.8) is 0 Å². The van der Waals surface area contributed by atoms with Crippen molar-refractivity contribution in [1.82, 2.24) is 10.3 Å². The summed E-state index contributed by atoms with van der Waals surface area (Å²) in [6, 6.07) is 18.3. The van der Waals surface area contributed by atoms with Crippen molar-refractivity contribution in [1.29, 1.82) is 0 Å². The number of furan rings is 1. The van der Waals surface area contributed by atoms with E-state index in [1.807, 2.05) is 29.6 Å². The first-order chi connectivity index (χ1) is 15.1. The molecule has 2 aromatic carbocycles. The number of thiazole rings is 1. The maximum Gasteiger partial charge on any atom is 0.253 e. The van der Waals surface area contributed by atoms with Crippen LogP contribution in [0.25, 0.3) is 10.6 Å². The van der Waals surface area contributed by atoms with Gasteiger partial charge in [-0.3, -0.25) is 9.59 Å². The predicted octanol–water partition coefficient (Wildman–Crippen LogP) is 5.28. The van der Waals surface area contributed by atoms with Gasteiger partial charge in [0, 0.05) is 15.4 Å². The molecule has 0 unspecified atom stereocenters. The molecule has 0 fully saturated rings. The fourth-order valence-electron chi connectivity index (χ4n) is 2.97. The number of benzene rings is 2. The van der Waals surface area contributed by atoms with Crippen LogP contribution in [0.2, 0.25) is 0 Å². The lowest BCUT2D eigenvalue weighted by atomic mass is 10.1. The summed E-state index contributed by atoms with van der Waals surface area (Å²) in [4.78, 5) is 29.7. The smallest absolute Gasteiger partial charge is 0.253 e. The van der Waals surface area contributed by atoms with Crippen molar-refractivity contribution in [2.45, 2.75) is 13.0 Å². The van der Waals surface area contributed by atoms with Gasteiger partial charge in [-0.15, -0.1) is 11.3 Å². The zero-order valence-electron chi connectivity index (χ0n) is 16.3. The highest BCUT2D eigenvalue weighted by atomic mass is 79.9. The number of nitrogens with one attached hydrogen (secondary N) is 2. The van der Waals surface area contributed by atoms with E-state index in [4.69, 9.17) is 4.42 Å². The summed E-state index contributed by atoms with van der Waals surface area (Å²) in [6.07, 6.45) is 1.67. The number of amides is 2. The van der Waals surface area contributed by atoms with Crippen molar-refractivity contribution >= 4 is 44.8 Å². The Morgan fingerprint density at radius 2 is 1.94 bits per heavy atom. The molecule has 2 heterocycles. The predicted molar refractivity (Wildman–Crippen MR) is 124 cm³/mol. The molecule has 6 nitrogen and oxygen atoms in total. The Morgan fingerprint density at radius 3 is 2.74 bits per heavy atom. The zero-order valence-corrected chi connectivity index (χ0v) is 18.7. The van der Waals surface area contributed by atoms with Gasteiger partial charge in [-0.1, -0.05) is 40.2 Å². The van der Waals surface area contributed by atoms with Crippen molar-refractivity contribution in [3.8, 4) is 10.6 Å². The second kappa shape index (κ2) is 9.72. The Bertz CT molecular complexity index is 1200. The average Bonchev–Trinajstić information content (AvgIpc) is 3.44. The number of hydrogen-bond donors (Lipinski definition) is 2. The summed E-state index contributed by atoms with van der Waals surface area (Å²) in [5.74, 6) is 0.120. The van der Waals surface area contributed by atoms with Gasteiger partial charge in [0.2, 0.25) is 5.91 Å². The van der Waals surface area contributed by atoms with Gasteiger partial charge in [-0.2, -0.15) is 0 Å². The lowest BCUT2D eigenvalue weighted by Crippen LogP contribution is -2.25. The number of anilines is 1. The molecule has 4 rings (SSSR count). The Balaban J connectivity index is 1.40. The highest BCUT2D eigenvalue weighted by molar-refractivity contribution is 9.10. The molecule has 4 aromatic rings. The highest BCUT2D eigenvalue weighted by Gasteiger charge is 2.15. The summed E-state index contributed by atoms with van der Waals surface area (Å²) in [5.41, 5.74) is 2.50. The van der Waals surface area contributed by atoms with E-state index in [2.05, 4.69) is 31.5 Å². The zero-order chi connectivity index (χ0) is 21.6. The van der Waals surface area contributed by atoms with Gasteiger partial charge < -0.3 is 15.1 Å². The molecule has 2 aromatic heterocycles. The molecule has 0 bridgehead atoms. The molecule has 0 saturated heterocycles. The van der Waals surface area contributed by atoms with E-state index in [-0.39, 0.29) is 24.8 Å². The molecule has 2 amide bonds. The number of rotatable bonds is 7. The van der Waals surface area contributed by atoms with Crippen LogP contribution < -0.4 is 10.6 Å². The van der Waals surface area contributed by atoms with E-state index in [0.717, 1.165) is 15.0 Å². The fourth-order valence-corrected chi connectivity index (χ4v) is 4.18. The molecular weight excluding hydrogens is 478 g/mol. The normalized spacial score (nSPS) is 10.6. The van der Waals surface area contributed by atoms with Gasteiger partial charge in [0.15, 0.2) is 0 Å². The van der Waals surface area contributed by atoms with E-state index < -0.39 is 0 Å². The van der Waals surface area contributed by atoms with Gasteiger partial charge in [-0.25, -0.2) is 4.98 Å². The molecule has 8 heteroatoms. The van der Waals surface area contributed by atoms with Crippen LogP contribution in [-0.4, -0.2) is 16.8 Å². The monoisotopic (exact) mass is 495 g/mol. The lowest BCUT2D eigenvalue weighted by molar-refractivity contribution is -0.115. The first-order valence-electron chi connectivity index (χ1n) is 9.48. The topological polar surface area (TPSA) is 84.2 Å². The summed E-state index contributed by atoms with van der Waals surface area (Å²) >= 11 is 4.95. The van der Waals surface area contributed by atoms with Crippen LogP contribution in [0.15, 0.2) is 81.2 Å². The Morgan fingerprint density at radius 1 is 1.06 bits per heavy atom. The summed E-state index contributed by atoms with van der Waals surface area (Å²) < 4.78 is 6.20. The van der Waals surface area contributed by atoms with Gasteiger partial charge in [0.05, 0.1) is 36.2 Å². The number of para-hydroxylation sites is 1. The van der Waals surface area contributed by atoms with Crippen molar-refractivity contribution in [2.24, 2.45) is 0 Å². The molecule has 0 saturated carbocycles. The molecule has 0 aliphatic rings. The SMILES string of the molecule is O=C(Cc1csc(-c2cccc(Br)c2)n1)Nc1ccccc1C(=O)NCc1ccco1. The van der Waals surface area contributed by atoms with Crippen LogP contribution in [0.4, 0.5) is 5.69 Å². The van der Waals surface area contributed by atoms with Gasteiger partial charge in [-0.05, 0) is 36.4 Å². The summed E-state index contributed by atoms with van der Waals surface area (Å²) in [6.45, 7) is 0.269. The molecule has 31 heavy (non-hydrogen) atoms. The first-order valence-corrected chi connectivity index (χ1v) is 11.2. The van der Waals surface area contributed by atoms with Crippen molar-refractivity contribution in [3.05, 3.63) is 93.8 Å². The van der Waals surface area contributed by atoms with Gasteiger partial charge in [0.1, 0.15) is 10.8 Å². The van der Waals surface area contributed by atoms with Crippen LogP contribution in [0, 0.1) is 0 Å². The number of nitrogens with zero attached hydrogens (tertiary/aromatic N) is 1. The molecule has 0 aliphatic heterocycles. The molecule has 0 aliphatic carbocycles.